The number of phenolic OH excluding ortho intramolecular Hbond substituents is 2. The summed E-state index contributed by atoms with van der Waals surface area (Å²) in [5.74, 6) is 1.28. The van der Waals surface area contributed by atoms with Crippen LogP contribution in [0.15, 0.2) is 35.9 Å². The summed E-state index contributed by atoms with van der Waals surface area (Å²) in [5.41, 5.74) is 1.86. The van der Waals surface area contributed by atoms with Crippen LogP contribution in [0.25, 0.3) is 6.08 Å². The molecule has 0 radical (unpaired) electrons. The zero-order chi connectivity index (χ0) is 32.3. The van der Waals surface area contributed by atoms with Gasteiger partial charge in [-0.2, -0.15) is 0 Å². The molecule has 5 nitrogen and oxygen atoms in total. The number of aromatic hydroxyl groups is 2. The second-order valence-electron chi connectivity index (χ2n) is 16.9. The number of benzene rings is 1. The van der Waals surface area contributed by atoms with Crippen molar-refractivity contribution in [1.82, 2.24) is 0 Å². The van der Waals surface area contributed by atoms with Gasteiger partial charge in [0.15, 0.2) is 11.5 Å². The van der Waals surface area contributed by atoms with E-state index in [1.54, 1.807) is 12.1 Å². The number of phenols is 2. The maximum Gasteiger partial charge on any atom is 0.331 e. The molecule has 0 amide bonds. The number of hydrogen-bond donors (Lipinski definition) is 3. The molecule has 0 saturated heterocycles. The fraction of sp³-hybridized carbons (Fsp3) is 0.718. The van der Waals surface area contributed by atoms with E-state index in [0.29, 0.717) is 29.2 Å². The third-order valence-electron chi connectivity index (χ3n) is 14.0. The van der Waals surface area contributed by atoms with Crippen LogP contribution in [0.2, 0.25) is 0 Å². The van der Waals surface area contributed by atoms with Gasteiger partial charge >= 0.3 is 5.97 Å². The van der Waals surface area contributed by atoms with Gasteiger partial charge in [0.25, 0.3) is 0 Å². The molecule has 0 spiro atoms. The van der Waals surface area contributed by atoms with Crippen molar-refractivity contribution < 1.29 is 24.9 Å². The first-order chi connectivity index (χ1) is 20.5. The van der Waals surface area contributed by atoms with Crippen molar-refractivity contribution in [2.45, 2.75) is 131 Å². The first-order valence-corrected chi connectivity index (χ1v) is 17.2. The van der Waals surface area contributed by atoms with Crippen LogP contribution in [0.5, 0.6) is 11.5 Å². The first kappa shape index (κ1) is 33.1. The predicted molar refractivity (Wildman–Crippen MR) is 177 cm³/mol. The van der Waals surface area contributed by atoms with Gasteiger partial charge in [0, 0.05) is 11.5 Å². The largest absolute Gasteiger partial charge is 0.504 e. The molecule has 1 aromatic carbocycles. The highest BCUT2D eigenvalue weighted by molar-refractivity contribution is 5.87. The Morgan fingerprint density at radius 2 is 1.64 bits per heavy atom. The van der Waals surface area contributed by atoms with E-state index >= 15 is 0 Å². The number of rotatable bonds is 7. The Morgan fingerprint density at radius 3 is 2.32 bits per heavy atom. The van der Waals surface area contributed by atoms with Crippen LogP contribution in [0.1, 0.15) is 125 Å². The van der Waals surface area contributed by atoms with Gasteiger partial charge in [-0.25, -0.2) is 4.79 Å². The Bertz CT molecular complexity index is 1300. The molecule has 0 aliphatic heterocycles. The SMILES string of the molecule is CC(C)=CCCC(C)(O)C1CCC2(C)C1CCC1C3(C)CCC(OC(=O)C=Cc4ccc(O)c(O)c4)C(C)(C)C3CCC12C. The van der Waals surface area contributed by atoms with Crippen LogP contribution in [0.3, 0.4) is 0 Å². The minimum atomic E-state index is -0.625. The molecule has 4 aliphatic rings. The summed E-state index contributed by atoms with van der Waals surface area (Å²) in [6.45, 7) is 18.8. The third kappa shape index (κ3) is 5.43. The zero-order valence-electron chi connectivity index (χ0n) is 28.6. The Labute approximate surface area is 266 Å². The van der Waals surface area contributed by atoms with Crippen molar-refractivity contribution in [1.29, 1.82) is 0 Å². The smallest absolute Gasteiger partial charge is 0.331 e. The molecule has 4 saturated carbocycles. The summed E-state index contributed by atoms with van der Waals surface area (Å²) in [6, 6.07) is 4.50. The van der Waals surface area contributed by atoms with Gasteiger partial charge in [0.2, 0.25) is 0 Å². The average Bonchev–Trinajstić information content (AvgIpc) is 3.30. The highest BCUT2D eigenvalue weighted by Crippen LogP contribution is 2.76. The van der Waals surface area contributed by atoms with Crippen LogP contribution in [-0.2, 0) is 9.53 Å². The predicted octanol–water partition coefficient (Wildman–Crippen LogP) is 9.21. The van der Waals surface area contributed by atoms with Gasteiger partial charge < -0.3 is 20.1 Å². The number of ether oxygens (including phenoxy) is 1. The van der Waals surface area contributed by atoms with Gasteiger partial charge in [-0.3, -0.25) is 0 Å². The van der Waals surface area contributed by atoms with E-state index in [9.17, 15) is 20.1 Å². The lowest BCUT2D eigenvalue weighted by molar-refractivity contribution is -0.229. The number of allylic oxidation sites excluding steroid dienone is 2. The van der Waals surface area contributed by atoms with E-state index in [1.807, 2.05) is 0 Å². The fourth-order valence-electron chi connectivity index (χ4n) is 11.5. The molecule has 44 heavy (non-hydrogen) atoms. The van der Waals surface area contributed by atoms with Crippen molar-refractivity contribution in [3.63, 3.8) is 0 Å². The Morgan fingerprint density at radius 1 is 0.932 bits per heavy atom. The van der Waals surface area contributed by atoms with E-state index in [-0.39, 0.29) is 45.2 Å². The zero-order valence-corrected chi connectivity index (χ0v) is 28.6. The molecule has 5 heteroatoms. The molecular formula is C39H58O5. The molecule has 9 atom stereocenters. The highest BCUT2D eigenvalue weighted by atomic mass is 16.5. The van der Waals surface area contributed by atoms with Crippen molar-refractivity contribution in [3.8, 4) is 11.5 Å². The minimum Gasteiger partial charge on any atom is -0.504 e. The Balaban J connectivity index is 1.31. The minimum absolute atomic E-state index is 0.140. The molecule has 9 unspecified atom stereocenters. The van der Waals surface area contributed by atoms with E-state index < -0.39 is 5.60 Å². The first-order valence-electron chi connectivity index (χ1n) is 17.2. The Hall–Kier alpha value is -2.27. The molecule has 3 N–H and O–H groups in total. The molecule has 1 aromatic rings. The van der Waals surface area contributed by atoms with Gasteiger partial charge in [-0.05, 0) is 149 Å². The Kier molecular flexibility index (Phi) is 8.66. The number of esters is 1. The quantitative estimate of drug-likeness (QED) is 0.125. The topological polar surface area (TPSA) is 87.0 Å². The lowest BCUT2D eigenvalue weighted by atomic mass is 9.35. The van der Waals surface area contributed by atoms with E-state index in [4.69, 9.17) is 4.74 Å². The van der Waals surface area contributed by atoms with Crippen molar-refractivity contribution in [2.75, 3.05) is 0 Å². The lowest BCUT2D eigenvalue weighted by Gasteiger charge is -2.70. The van der Waals surface area contributed by atoms with Crippen LogP contribution in [-0.4, -0.2) is 33.0 Å². The summed E-state index contributed by atoms with van der Waals surface area (Å²) in [4.78, 5) is 13.0. The number of aliphatic hydroxyl groups is 1. The average molecular weight is 607 g/mol. The molecule has 4 fully saturated rings. The fourth-order valence-corrected chi connectivity index (χ4v) is 11.5. The monoisotopic (exact) mass is 606 g/mol. The standard InChI is InChI=1S/C39H58O5/c1-25(2)10-9-20-39(8,43)28-17-22-37(6)27(28)13-15-32-36(5)21-19-33(35(3,4)31(36)18-23-38(32,37)7)44-34(42)16-12-26-11-14-29(40)30(41)24-26/h10-12,14,16,24,27-28,31-33,40-41,43H,9,13,15,17-23H2,1-8H3. The second-order valence-corrected chi connectivity index (χ2v) is 16.9. The maximum absolute atomic E-state index is 13.0. The van der Waals surface area contributed by atoms with Gasteiger partial charge in [0.05, 0.1) is 5.60 Å². The number of carbonyl (C=O) groups excluding carboxylic acids is 1. The van der Waals surface area contributed by atoms with Crippen LogP contribution < -0.4 is 0 Å². The van der Waals surface area contributed by atoms with Gasteiger partial charge in [-0.1, -0.05) is 52.3 Å². The molecule has 4 aliphatic carbocycles. The van der Waals surface area contributed by atoms with E-state index in [1.165, 1.54) is 49.5 Å². The summed E-state index contributed by atoms with van der Waals surface area (Å²) >= 11 is 0. The summed E-state index contributed by atoms with van der Waals surface area (Å²) in [6.07, 6.45) is 16.0. The van der Waals surface area contributed by atoms with Crippen LogP contribution in [0.4, 0.5) is 0 Å². The van der Waals surface area contributed by atoms with E-state index in [0.717, 1.165) is 38.5 Å². The van der Waals surface area contributed by atoms with Crippen molar-refractivity contribution in [2.24, 2.45) is 45.3 Å². The van der Waals surface area contributed by atoms with Crippen molar-refractivity contribution in [3.05, 3.63) is 41.5 Å². The van der Waals surface area contributed by atoms with Gasteiger partial charge in [-0.15, -0.1) is 0 Å². The molecule has 0 heterocycles. The second kappa shape index (κ2) is 11.5. The summed E-state index contributed by atoms with van der Waals surface area (Å²) < 4.78 is 6.16. The van der Waals surface area contributed by atoms with E-state index in [2.05, 4.69) is 61.5 Å². The molecule has 244 valence electrons. The van der Waals surface area contributed by atoms with Crippen molar-refractivity contribution >= 4 is 12.0 Å². The molecular weight excluding hydrogens is 548 g/mol. The third-order valence-corrected chi connectivity index (χ3v) is 14.0. The maximum atomic E-state index is 13.0. The molecule has 5 rings (SSSR count). The van der Waals surface area contributed by atoms with Crippen LogP contribution >= 0.6 is 0 Å². The number of fused-ring (bicyclic) bond motifs is 5. The number of carbonyl (C=O) groups is 1. The molecule has 0 bridgehead atoms. The van der Waals surface area contributed by atoms with Gasteiger partial charge in [0.1, 0.15) is 6.10 Å². The summed E-state index contributed by atoms with van der Waals surface area (Å²) in [7, 11) is 0. The lowest BCUT2D eigenvalue weighted by Crippen LogP contribution is -2.64. The number of hydrogen-bond acceptors (Lipinski definition) is 5. The van der Waals surface area contributed by atoms with Crippen LogP contribution in [0, 0.1) is 45.3 Å². The highest BCUT2D eigenvalue weighted by Gasteiger charge is 2.69. The normalized spacial score (nSPS) is 39.1. The summed E-state index contributed by atoms with van der Waals surface area (Å²) in [5, 5.41) is 31.1. The molecule has 0 aromatic heterocycles.